The van der Waals surface area contributed by atoms with E-state index in [1.165, 1.54) is 0 Å². The first-order valence-electron chi connectivity index (χ1n) is 8.22. The highest BCUT2D eigenvalue weighted by atomic mass is 16.5. The molecule has 3 aromatic rings. The molecule has 0 saturated carbocycles. The summed E-state index contributed by atoms with van der Waals surface area (Å²) in [7, 11) is 3.15. The number of benzene rings is 2. The zero-order valence-electron chi connectivity index (χ0n) is 14.7. The summed E-state index contributed by atoms with van der Waals surface area (Å²) in [6, 6.07) is 19.1. The Morgan fingerprint density at radius 3 is 2.38 bits per heavy atom. The number of aromatic nitrogens is 1. The van der Waals surface area contributed by atoms with Crippen LogP contribution >= 0.6 is 0 Å². The predicted molar refractivity (Wildman–Crippen MR) is 102 cm³/mol. The van der Waals surface area contributed by atoms with Crippen molar-refractivity contribution in [2.24, 2.45) is 0 Å². The molecule has 0 spiro atoms. The first-order valence-corrected chi connectivity index (χ1v) is 8.22. The Balaban J connectivity index is 1.65. The molecule has 0 aliphatic carbocycles. The standard InChI is InChI=1S/C21H20N2O3/c1-25-19-11-8-15(12-20(19)26-2)13-21(24)23-17-9-10-18(22-14-17)16-6-4-3-5-7-16/h3-12,14H,13H2,1-2H3,(H,23,24). The third-order valence-electron chi connectivity index (χ3n) is 3.93. The second-order valence-corrected chi connectivity index (χ2v) is 5.71. The van der Waals surface area contributed by atoms with Gasteiger partial charge in [-0.3, -0.25) is 9.78 Å². The fourth-order valence-corrected chi connectivity index (χ4v) is 2.63. The Morgan fingerprint density at radius 2 is 1.73 bits per heavy atom. The Kier molecular flexibility index (Phi) is 5.49. The lowest BCUT2D eigenvalue weighted by Gasteiger charge is -2.10. The van der Waals surface area contributed by atoms with Crippen molar-refractivity contribution in [2.75, 3.05) is 19.5 Å². The van der Waals surface area contributed by atoms with Gasteiger partial charge in [-0.15, -0.1) is 0 Å². The van der Waals surface area contributed by atoms with Crippen molar-refractivity contribution >= 4 is 11.6 Å². The molecule has 3 rings (SSSR count). The number of rotatable bonds is 6. The number of hydrogen-bond acceptors (Lipinski definition) is 4. The quantitative estimate of drug-likeness (QED) is 0.733. The molecule has 1 aromatic heterocycles. The minimum atomic E-state index is -0.119. The monoisotopic (exact) mass is 348 g/mol. The summed E-state index contributed by atoms with van der Waals surface area (Å²) in [5.74, 6) is 1.12. The summed E-state index contributed by atoms with van der Waals surface area (Å²) in [6.45, 7) is 0. The van der Waals surface area contributed by atoms with Gasteiger partial charge in [0.05, 0.1) is 38.2 Å². The van der Waals surface area contributed by atoms with Crippen molar-refractivity contribution in [3.05, 3.63) is 72.4 Å². The van der Waals surface area contributed by atoms with Gasteiger partial charge in [-0.2, -0.15) is 0 Å². The van der Waals surface area contributed by atoms with Gasteiger partial charge in [-0.25, -0.2) is 0 Å². The van der Waals surface area contributed by atoms with E-state index >= 15 is 0 Å². The SMILES string of the molecule is COc1ccc(CC(=O)Nc2ccc(-c3ccccc3)nc2)cc1OC. The van der Waals surface area contributed by atoms with Gasteiger partial charge in [0.15, 0.2) is 11.5 Å². The first-order chi connectivity index (χ1) is 12.7. The Hall–Kier alpha value is -3.34. The van der Waals surface area contributed by atoms with Crippen LogP contribution in [0.2, 0.25) is 0 Å². The lowest BCUT2D eigenvalue weighted by Crippen LogP contribution is -2.14. The number of carbonyl (C=O) groups is 1. The second kappa shape index (κ2) is 8.16. The highest BCUT2D eigenvalue weighted by molar-refractivity contribution is 5.92. The third-order valence-corrected chi connectivity index (χ3v) is 3.93. The van der Waals surface area contributed by atoms with E-state index in [1.807, 2.05) is 48.5 Å². The van der Waals surface area contributed by atoms with Crippen LogP contribution in [-0.2, 0) is 11.2 Å². The average molecular weight is 348 g/mol. The van der Waals surface area contributed by atoms with Crippen LogP contribution in [0.15, 0.2) is 66.9 Å². The van der Waals surface area contributed by atoms with E-state index in [2.05, 4.69) is 10.3 Å². The molecule has 0 bridgehead atoms. The van der Waals surface area contributed by atoms with E-state index in [1.54, 1.807) is 32.5 Å². The lowest BCUT2D eigenvalue weighted by molar-refractivity contribution is -0.115. The molecular formula is C21H20N2O3. The largest absolute Gasteiger partial charge is 0.493 e. The molecule has 26 heavy (non-hydrogen) atoms. The summed E-state index contributed by atoms with van der Waals surface area (Å²) in [6.07, 6.45) is 1.90. The smallest absolute Gasteiger partial charge is 0.228 e. The minimum absolute atomic E-state index is 0.119. The molecule has 0 aliphatic heterocycles. The zero-order chi connectivity index (χ0) is 18.4. The van der Waals surface area contributed by atoms with Gasteiger partial charge in [0.2, 0.25) is 5.91 Å². The maximum atomic E-state index is 12.3. The molecule has 0 atom stereocenters. The molecule has 1 heterocycles. The topological polar surface area (TPSA) is 60.5 Å². The van der Waals surface area contributed by atoms with Crippen LogP contribution in [0.5, 0.6) is 11.5 Å². The van der Waals surface area contributed by atoms with E-state index in [0.29, 0.717) is 17.2 Å². The average Bonchev–Trinajstić information content (AvgIpc) is 2.69. The van der Waals surface area contributed by atoms with Crippen LogP contribution < -0.4 is 14.8 Å². The van der Waals surface area contributed by atoms with Gasteiger partial charge in [0.25, 0.3) is 0 Å². The number of anilines is 1. The van der Waals surface area contributed by atoms with Crippen molar-refractivity contribution in [3.63, 3.8) is 0 Å². The normalized spacial score (nSPS) is 10.2. The van der Waals surface area contributed by atoms with E-state index < -0.39 is 0 Å². The molecule has 2 aromatic carbocycles. The molecule has 0 unspecified atom stereocenters. The summed E-state index contributed by atoms with van der Waals surface area (Å²) in [5.41, 5.74) is 3.41. The van der Waals surface area contributed by atoms with Crippen molar-refractivity contribution in [3.8, 4) is 22.8 Å². The summed E-state index contributed by atoms with van der Waals surface area (Å²) in [4.78, 5) is 16.7. The lowest BCUT2D eigenvalue weighted by atomic mass is 10.1. The number of hydrogen-bond donors (Lipinski definition) is 1. The molecule has 5 heteroatoms. The molecular weight excluding hydrogens is 328 g/mol. The second-order valence-electron chi connectivity index (χ2n) is 5.71. The number of pyridine rings is 1. The van der Waals surface area contributed by atoms with E-state index in [9.17, 15) is 4.79 Å². The molecule has 0 saturated heterocycles. The summed E-state index contributed by atoms with van der Waals surface area (Å²) < 4.78 is 10.5. The number of ether oxygens (including phenoxy) is 2. The molecule has 132 valence electrons. The van der Waals surface area contributed by atoms with Crippen LogP contribution in [0.25, 0.3) is 11.3 Å². The van der Waals surface area contributed by atoms with Crippen molar-refractivity contribution in [1.29, 1.82) is 0 Å². The van der Waals surface area contributed by atoms with Crippen molar-refractivity contribution in [1.82, 2.24) is 4.98 Å². The van der Waals surface area contributed by atoms with Gasteiger partial charge in [0, 0.05) is 5.56 Å². The number of nitrogens with zero attached hydrogens (tertiary/aromatic N) is 1. The number of nitrogens with one attached hydrogen (secondary N) is 1. The van der Waals surface area contributed by atoms with Gasteiger partial charge in [-0.05, 0) is 29.8 Å². The Morgan fingerprint density at radius 1 is 0.962 bits per heavy atom. The van der Waals surface area contributed by atoms with Gasteiger partial charge in [0.1, 0.15) is 0 Å². The molecule has 0 aliphatic rings. The minimum Gasteiger partial charge on any atom is -0.493 e. The maximum absolute atomic E-state index is 12.3. The molecule has 5 nitrogen and oxygen atoms in total. The highest BCUT2D eigenvalue weighted by Gasteiger charge is 2.09. The predicted octanol–water partition coefficient (Wildman–Crippen LogP) is 3.95. The molecule has 1 N–H and O–H groups in total. The van der Waals surface area contributed by atoms with Crippen LogP contribution in [-0.4, -0.2) is 25.1 Å². The van der Waals surface area contributed by atoms with E-state index in [0.717, 1.165) is 16.8 Å². The third kappa shape index (κ3) is 4.19. The van der Waals surface area contributed by atoms with E-state index in [4.69, 9.17) is 9.47 Å². The number of amides is 1. The fourth-order valence-electron chi connectivity index (χ4n) is 2.63. The van der Waals surface area contributed by atoms with Crippen LogP contribution in [0.4, 0.5) is 5.69 Å². The maximum Gasteiger partial charge on any atom is 0.228 e. The van der Waals surface area contributed by atoms with Crippen LogP contribution in [0.1, 0.15) is 5.56 Å². The fraction of sp³-hybridized carbons (Fsp3) is 0.143. The van der Waals surface area contributed by atoms with Gasteiger partial charge in [-0.1, -0.05) is 36.4 Å². The van der Waals surface area contributed by atoms with Crippen LogP contribution in [0.3, 0.4) is 0 Å². The Labute approximate surface area is 152 Å². The van der Waals surface area contributed by atoms with Crippen molar-refractivity contribution in [2.45, 2.75) is 6.42 Å². The van der Waals surface area contributed by atoms with Crippen molar-refractivity contribution < 1.29 is 14.3 Å². The summed E-state index contributed by atoms with van der Waals surface area (Å²) in [5, 5.41) is 2.86. The van der Waals surface area contributed by atoms with Crippen LogP contribution in [0, 0.1) is 0 Å². The zero-order valence-corrected chi connectivity index (χ0v) is 14.7. The molecule has 0 fully saturated rings. The first kappa shape index (κ1) is 17.5. The molecule has 1 amide bonds. The summed E-state index contributed by atoms with van der Waals surface area (Å²) >= 11 is 0. The number of methoxy groups -OCH3 is 2. The molecule has 0 radical (unpaired) electrons. The van der Waals surface area contributed by atoms with Gasteiger partial charge >= 0.3 is 0 Å². The van der Waals surface area contributed by atoms with Gasteiger partial charge < -0.3 is 14.8 Å². The van der Waals surface area contributed by atoms with E-state index in [-0.39, 0.29) is 12.3 Å². The number of carbonyl (C=O) groups excluding carboxylic acids is 1. The Bertz CT molecular complexity index is 878. The highest BCUT2D eigenvalue weighted by Crippen LogP contribution is 2.27.